The van der Waals surface area contributed by atoms with E-state index in [9.17, 15) is 9.59 Å². The van der Waals surface area contributed by atoms with Crippen molar-refractivity contribution >= 4 is 45.2 Å². The lowest BCUT2D eigenvalue weighted by Crippen LogP contribution is -2.42. The van der Waals surface area contributed by atoms with Gasteiger partial charge in [0, 0.05) is 21.3 Å². The van der Waals surface area contributed by atoms with Gasteiger partial charge in [-0.3, -0.25) is 20.4 Å². The second-order valence-electron chi connectivity index (χ2n) is 5.71. The molecule has 4 rings (SSSR count). The highest BCUT2D eigenvalue weighted by Gasteiger charge is 2.13. The molecule has 0 saturated carbocycles. The van der Waals surface area contributed by atoms with Crippen LogP contribution in [-0.4, -0.2) is 21.8 Å². The van der Waals surface area contributed by atoms with Gasteiger partial charge in [0.05, 0.1) is 5.52 Å². The molecule has 128 valence electrons. The number of hydrogen-bond donors (Lipinski definition) is 3. The Morgan fingerprint density at radius 2 is 1.69 bits per heavy atom. The number of benzene rings is 2. The van der Waals surface area contributed by atoms with E-state index in [4.69, 9.17) is 11.6 Å². The first-order chi connectivity index (χ1) is 12.6. The minimum absolute atomic E-state index is 0.215. The summed E-state index contributed by atoms with van der Waals surface area (Å²) in [5.74, 6) is -0.963. The number of rotatable bonds is 2. The Labute approximate surface area is 153 Å². The van der Waals surface area contributed by atoms with Crippen LogP contribution in [0.1, 0.15) is 21.0 Å². The Bertz CT molecular complexity index is 1150. The molecule has 0 radical (unpaired) electrons. The topological polar surface area (TPSA) is 86.9 Å². The van der Waals surface area contributed by atoms with E-state index >= 15 is 0 Å². The number of carbonyl (C=O) groups is 2. The highest BCUT2D eigenvalue weighted by molar-refractivity contribution is 6.31. The van der Waals surface area contributed by atoms with Gasteiger partial charge in [0.1, 0.15) is 11.4 Å². The third-order valence-electron chi connectivity index (χ3n) is 3.95. The minimum atomic E-state index is -0.497. The van der Waals surface area contributed by atoms with Crippen molar-refractivity contribution in [3.8, 4) is 0 Å². The molecule has 26 heavy (non-hydrogen) atoms. The van der Waals surface area contributed by atoms with Crippen molar-refractivity contribution in [2.45, 2.75) is 0 Å². The lowest BCUT2D eigenvalue weighted by molar-refractivity contribution is 0.0842. The molecule has 2 aromatic heterocycles. The summed E-state index contributed by atoms with van der Waals surface area (Å²) in [6.07, 6.45) is 0. The van der Waals surface area contributed by atoms with E-state index in [-0.39, 0.29) is 5.69 Å². The maximum absolute atomic E-state index is 12.2. The number of H-pyrrole nitrogens is 1. The Hall–Kier alpha value is -3.38. The third-order valence-corrected chi connectivity index (χ3v) is 4.18. The van der Waals surface area contributed by atoms with E-state index in [1.807, 2.05) is 24.3 Å². The number of para-hydroxylation sites is 1. The van der Waals surface area contributed by atoms with E-state index in [0.717, 1.165) is 16.3 Å². The van der Waals surface area contributed by atoms with E-state index in [0.29, 0.717) is 16.2 Å². The molecular formula is C19H13ClN4O2. The number of hydrazine groups is 1. The molecule has 2 amide bonds. The normalized spacial score (nSPS) is 10.8. The number of pyridine rings is 1. The highest BCUT2D eigenvalue weighted by atomic mass is 35.5. The number of aromatic amines is 1. The van der Waals surface area contributed by atoms with Crippen molar-refractivity contribution in [2.75, 3.05) is 0 Å². The predicted molar refractivity (Wildman–Crippen MR) is 100.0 cm³/mol. The number of halogens is 1. The van der Waals surface area contributed by atoms with Gasteiger partial charge in [-0.1, -0.05) is 35.9 Å². The molecule has 4 aromatic rings. The SMILES string of the molecule is O=C(NNC(=O)c1cc2cc(Cl)ccc2[nH]1)c1ccc2ccccc2n1. The van der Waals surface area contributed by atoms with Crippen LogP contribution in [0.3, 0.4) is 0 Å². The second-order valence-corrected chi connectivity index (χ2v) is 6.15. The van der Waals surface area contributed by atoms with Gasteiger partial charge >= 0.3 is 0 Å². The zero-order valence-electron chi connectivity index (χ0n) is 13.4. The zero-order valence-corrected chi connectivity index (χ0v) is 14.2. The number of nitrogens with zero attached hydrogens (tertiary/aromatic N) is 1. The molecule has 2 aromatic carbocycles. The standard InChI is InChI=1S/C19H13ClN4O2/c20-13-6-8-15-12(9-13)10-17(22-15)19(26)24-23-18(25)16-7-5-11-3-1-2-4-14(11)21-16/h1-10,22H,(H,23,25)(H,24,26). The Morgan fingerprint density at radius 1 is 0.885 bits per heavy atom. The van der Waals surface area contributed by atoms with Gasteiger partial charge in [0.15, 0.2) is 0 Å². The van der Waals surface area contributed by atoms with Crippen LogP contribution in [0.5, 0.6) is 0 Å². The van der Waals surface area contributed by atoms with Crippen LogP contribution in [0.2, 0.25) is 5.02 Å². The molecule has 0 fully saturated rings. The first-order valence-corrected chi connectivity index (χ1v) is 8.23. The Kier molecular flexibility index (Phi) is 4.02. The van der Waals surface area contributed by atoms with E-state index in [2.05, 4.69) is 20.8 Å². The number of fused-ring (bicyclic) bond motifs is 2. The fraction of sp³-hybridized carbons (Fsp3) is 0. The molecule has 0 atom stereocenters. The third kappa shape index (κ3) is 3.10. The van der Waals surface area contributed by atoms with Crippen molar-refractivity contribution in [1.82, 2.24) is 20.8 Å². The van der Waals surface area contributed by atoms with Gasteiger partial charge in [-0.05, 0) is 36.4 Å². The summed E-state index contributed by atoms with van der Waals surface area (Å²) in [6.45, 7) is 0. The Morgan fingerprint density at radius 3 is 2.58 bits per heavy atom. The van der Waals surface area contributed by atoms with Gasteiger partial charge in [-0.25, -0.2) is 4.98 Å². The fourth-order valence-corrected chi connectivity index (χ4v) is 2.84. The summed E-state index contributed by atoms with van der Waals surface area (Å²) >= 11 is 5.94. The molecule has 0 aliphatic carbocycles. The van der Waals surface area contributed by atoms with Crippen LogP contribution in [-0.2, 0) is 0 Å². The van der Waals surface area contributed by atoms with Crippen LogP contribution < -0.4 is 10.9 Å². The van der Waals surface area contributed by atoms with Gasteiger partial charge in [0.25, 0.3) is 11.8 Å². The Balaban J connectivity index is 1.47. The summed E-state index contributed by atoms with van der Waals surface area (Å²) in [7, 11) is 0. The van der Waals surface area contributed by atoms with Gasteiger partial charge in [-0.2, -0.15) is 0 Å². The predicted octanol–water partition coefficient (Wildman–Crippen LogP) is 3.44. The number of amides is 2. The minimum Gasteiger partial charge on any atom is -0.350 e. The maximum atomic E-state index is 12.2. The molecule has 7 heteroatoms. The molecule has 0 saturated heterocycles. The lowest BCUT2D eigenvalue weighted by atomic mass is 10.2. The van der Waals surface area contributed by atoms with Crippen LogP contribution >= 0.6 is 11.6 Å². The molecule has 6 nitrogen and oxygen atoms in total. The largest absolute Gasteiger partial charge is 0.350 e. The summed E-state index contributed by atoms with van der Waals surface area (Å²) in [4.78, 5) is 31.7. The van der Waals surface area contributed by atoms with Crippen molar-refractivity contribution in [3.63, 3.8) is 0 Å². The first kappa shape index (κ1) is 16.1. The summed E-state index contributed by atoms with van der Waals surface area (Å²) in [6, 6.07) is 17.8. The average Bonchev–Trinajstić information content (AvgIpc) is 3.08. The van der Waals surface area contributed by atoms with Crippen molar-refractivity contribution in [1.29, 1.82) is 0 Å². The summed E-state index contributed by atoms with van der Waals surface area (Å²) in [5.41, 5.74) is 6.76. The smallest absolute Gasteiger partial charge is 0.288 e. The molecule has 0 bridgehead atoms. The number of nitrogens with one attached hydrogen (secondary N) is 3. The maximum Gasteiger partial charge on any atom is 0.288 e. The highest BCUT2D eigenvalue weighted by Crippen LogP contribution is 2.20. The van der Waals surface area contributed by atoms with Crippen LogP contribution in [0, 0.1) is 0 Å². The molecule has 3 N–H and O–H groups in total. The quantitative estimate of drug-likeness (QED) is 0.476. The number of carbonyl (C=O) groups excluding carboxylic acids is 2. The van der Waals surface area contributed by atoms with Gasteiger partial charge in [-0.15, -0.1) is 0 Å². The molecule has 0 unspecified atom stereocenters. The second kappa shape index (κ2) is 6.50. The molecular weight excluding hydrogens is 352 g/mol. The van der Waals surface area contributed by atoms with E-state index < -0.39 is 11.8 Å². The number of hydrogen-bond acceptors (Lipinski definition) is 3. The summed E-state index contributed by atoms with van der Waals surface area (Å²) in [5, 5.41) is 2.33. The molecule has 2 heterocycles. The van der Waals surface area contributed by atoms with Crippen molar-refractivity contribution < 1.29 is 9.59 Å². The van der Waals surface area contributed by atoms with Crippen LogP contribution in [0.4, 0.5) is 0 Å². The summed E-state index contributed by atoms with van der Waals surface area (Å²) < 4.78 is 0. The zero-order chi connectivity index (χ0) is 18.1. The van der Waals surface area contributed by atoms with Crippen molar-refractivity contribution in [3.05, 3.63) is 77.1 Å². The van der Waals surface area contributed by atoms with Crippen LogP contribution in [0.15, 0.2) is 60.7 Å². The monoisotopic (exact) mass is 364 g/mol. The van der Waals surface area contributed by atoms with Gasteiger partial charge in [0.2, 0.25) is 0 Å². The van der Waals surface area contributed by atoms with Crippen molar-refractivity contribution in [2.24, 2.45) is 0 Å². The molecule has 0 spiro atoms. The van der Waals surface area contributed by atoms with E-state index in [1.54, 1.807) is 36.4 Å². The molecule has 0 aliphatic rings. The first-order valence-electron chi connectivity index (χ1n) is 7.85. The number of aromatic nitrogens is 2. The van der Waals surface area contributed by atoms with E-state index in [1.165, 1.54) is 0 Å². The van der Waals surface area contributed by atoms with Crippen LogP contribution in [0.25, 0.3) is 21.8 Å². The van der Waals surface area contributed by atoms with Gasteiger partial charge < -0.3 is 4.98 Å². The lowest BCUT2D eigenvalue weighted by Gasteiger charge is -2.06. The average molecular weight is 365 g/mol. The fourth-order valence-electron chi connectivity index (χ4n) is 2.66. The molecule has 0 aliphatic heterocycles.